The number of esters is 1. The Balaban J connectivity index is 1.56. The third-order valence-electron chi connectivity index (χ3n) is 4.84. The number of hydrogen-bond acceptors (Lipinski definition) is 5. The van der Waals surface area contributed by atoms with Crippen LogP contribution in [-0.2, 0) is 16.1 Å². The summed E-state index contributed by atoms with van der Waals surface area (Å²) in [4.78, 5) is 16.9. The van der Waals surface area contributed by atoms with Gasteiger partial charge in [0.25, 0.3) is 0 Å². The highest BCUT2D eigenvalue weighted by molar-refractivity contribution is 5.76. The molecular weight excluding hydrogens is 359 g/mol. The number of rotatable bonds is 8. The van der Waals surface area contributed by atoms with Gasteiger partial charge < -0.3 is 9.47 Å². The van der Waals surface area contributed by atoms with Crippen molar-refractivity contribution < 1.29 is 18.7 Å². The number of carbonyl (C=O) groups is 1. The van der Waals surface area contributed by atoms with E-state index < -0.39 is 0 Å². The highest BCUT2D eigenvalue weighted by Gasteiger charge is 2.33. The molecule has 6 heteroatoms. The third kappa shape index (κ3) is 5.78. The van der Waals surface area contributed by atoms with E-state index in [0.29, 0.717) is 32.1 Å². The van der Waals surface area contributed by atoms with E-state index in [1.807, 2.05) is 25.1 Å². The van der Waals surface area contributed by atoms with E-state index in [9.17, 15) is 9.18 Å². The number of piperazine rings is 1. The van der Waals surface area contributed by atoms with Gasteiger partial charge in [-0.2, -0.15) is 0 Å². The first-order valence-corrected chi connectivity index (χ1v) is 9.71. The summed E-state index contributed by atoms with van der Waals surface area (Å²) in [5, 5.41) is 0. The van der Waals surface area contributed by atoms with Crippen LogP contribution in [0.15, 0.2) is 54.6 Å². The molecule has 1 atom stereocenters. The Bertz CT molecular complexity index is 739. The van der Waals surface area contributed by atoms with Gasteiger partial charge in [-0.3, -0.25) is 14.6 Å². The van der Waals surface area contributed by atoms with Crippen molar-refractivity contribution in [1.29, 1.82) is 0 Å². The molecule has 0 aromatic heterocycles. The fourth-order valence-electron chi connectivity index (χ4n) is 3.40. The summed E-state index contributed by atoms with van der Waals surface area (Å²) >= 11 is 0. The zero-order valence-corrected chi connectivity index (χ0v) is 16.2. The number of nitrogens with zero attached hydrogens (tertiary/aromatic N) is 2. The maximum atomic E-state index is 13.0. The maximum Gasteiger partial charge on any atom is 0.324 e. The quantitative estimate of drug-likeness (QED) is 0.653. The van der Waals surface area contributed by atoms with Gasteiger partial charge in [-0.1, -0.05) is 30.3 Å². The Kier molecular flexibility index (Phi) is 7.39. The summed E-state index contributed by atoms with van der Waals surface area (Å²) < 4.78 is 24.0. The summed E-state index contributed by atoms with van der Waals surface area (Å²) in [6.45, 7) is 6.32. The van der Waals surface area contributed by atoms with E-state index in [-0.39, 0.29) is 17.8 Å². The van der Waals surface area contributed by atoms with Crippen LogP contribution in [0.25, 0.3) is 0 Å². The topological polar surface area (TPSA) is 42.0 Å². The minimum absolute atomic E-state index is 0.193. The lowest BCUT2D eigenvalue weighted by molar-refractivity contribution is -0.152. The molecule has 28 heavy (non-hydrogen) atoms. The predicted octanol–water partition coefficient (Wildman–Crippen LogP) is 2.95. The van der Waals surface area contributed by atoms with Gasteiger partial charge >= 0.3 is 5.97 Å². The van der Waals surface area contributed by atoms with Crippen LogP contribution < -0.4 is 4.74 Å². The zero-order chi connectivity index (χ0) is 19.8. The van der Waals surface area contributed by atoms with Crippen molar-refractivity contribution in [3.63, 3.8) is 0 Å². The Morgan fingerprint density at radius 3 is 2.57 bits per heavy atom. The van der Waals surface area contributed by atoms with Gasteiger partial charge in [0, 0.05) is 32.7 Å². The van der Waals surface area contributed by atoms with Crippen LogP contribution in [0, 0.1) is 5.82 Å². The molecule has 0 saturated carbocycles. The van der Waals surface area contributed by atoms with Crippen molar-refractivity contribution in [1.82, 2.24) is 9.80 Å². The lowest BCUT2D eigenvalue weighted by Crippen LogP contribution is -2.57. The first-order valence-electron chi connectivity index (χ1n) is 9.71. The molecule has 1 fully saturated rings. The van der Waals surface area contributed by atoms with Gasteiger partial charge in [-0.05, 0) is 36.8 Å². The van der Waals surface area contributed by atoms with Crippen molar-refractivity contribution in [3.05, 3.63) is 66.0 Å². The number of hydrogen-bond donors (Lipinski definition) is 0. The molecule has 0 radical (unpaired) electrons. The van der Waals surface area contributed by atoms with E-state index in [2.05, 4.69) is 21.9 Å². The summed E-state index contributed by atoms with van der Waals surface area (Å²) in [6, 6.07) is 15.9. The van der Waals surface area contributed by atoms with Gasteiger partial charge in [0.15, 0.2) is 0 Å². The highest BCUT2D eigenvalue weighted by atomic mass is 19.1. The second kappa shape index (κ2) is 10.2. The molecule has 5 nitrogen and oxygen atoms in total. The molecular formula is C22H27FN2O3. The van der Waals surface area contributed by atoms with Gasteiger partial charge in [0.2, 0.25) is 0 Å². The van der Waals surface area contributed by atoms with Crippen molar-refractivity contribution >= 4 is 5.97 Å². The van der Waals surface area contributed by atoms with Crippen molar-refractivity contribution in [2.45, 2.75) is 19.5 Å². The molecule has 1 aliphatic heterocycles. The molecule has 1 unspecified atom stereocenters. The Morgan fingerprint density at radius 2 is 1.86 bits per heavy atom. The molecule has 1 heterocycles. The highest BCUT2D eigenvalue weighted by Crippen LogP contribution is 2.16. The fourth-order valence-corrected chi connectivity index (χ4v) is 3.40. The van der Waals surface area contributed by atoms with E-state index >= 15 is 0 Å². The molecule has 0 spiro atoms. The molecule has 2 aromatic carbocycles. The van der Waals surface area contributed by atoms with Crippen molar-refractivity contribution in [2.75, 3.05) is 39.4 Å². The smallest absolute Gasteiger partial charge is 0.324 e. The predicted molar refractivity (Wildman–Crippen MR) is 106 cm³/mol. The van der Waals surface area contributed by atoms with Crippen LogP contribution in [0.2, 0.25) is 0 Å². The Hall–Kier alpha value is -2.44. The zero-order valence-electron chi connectivity index (χ0n) is 16.2. The molecule has 1 saturated heterocycles. The standard InChI is InChI=1S/C22H27FN2O3/c1-2-27-22(26)21-17-24(16-18-6-4-3-5-7-18)12-13-25(21)14-15-28-20-10-8-19(23)9-11-20/h3-11,21H,2,12-17H2,1H3. The van der Waals surface area contributed by atoms with Gasteiger partial charge in [0.05, 0.1) is 6.61 Å². The molecule has 0 amide bonds. The molecule has 2 aromatic rings. The minimum Gasteiger partial charge on any atom is -0.492 e. The summed E-state index contributed by atoms with van der Waals surface area (Å²) in [5.41, 5.74) is 1.23. The first-order chi connectivity index (χ1) is 13.7. The second-order valence-corrected chi connectivity index (χ2v) is 6.83. The average Bonchev–Trinajstić information content (AvgIpc) is 2.71. The lowest BCUT2D eigenvalue weighted by Gasteiger charge is -2.40. The van der Waals surface area contributed by atoms with Gasteiger partial charge in [0.1, 0.15) is 24.2 Å². The Labute approximate surface area is 165 Å². The monoisotopic (exact) mass is 386 g/mol. The fraction of sp³-hybridized carbons (Fsp3) is 0.409. The first kappa shape index (κ1) is 20.3. The normalized spacial score (nSPS) is 18.0. The second-order valence-electron chi connectivity index (χ2n) is 6.83. The average molecular weight is 386 g/mol. The van der Waals surface area contributed by atoms with E-state index in [4.69, 9.17) is 9.47 Å². The number of benzene rings is 2. The van der Waals surface area contributed by atoms with E-state index in [1.54, 1.807) is 12.1 Å². The maximum absolute atomic E-state index is 13.0. The number of ether oxygens (including phenoxy) is 2. The molecule has 0 bridgehead atoms. The molecule has 0 N–H and O–H groups in total. The molecule has 150 valence electrons. The van der Waals surface area contributed by atoms with Crippen LogP contribution in [-0.4, -0.2) is 61.2 Å². The van der Waals surface area contributed by atoms with Gasteiger partial charge in [-0.15, -0.1) is 0 Å². The minimum atomic E-state index is -0.311. The largest absolute Gasteiger partial charge is 0.492 e. The van der Waals surface area contributed by atoms with Crippen LogP contribution in [0.4, 0.5) is 4.39 Å². The van der Waals surface area contributed by atoms with E-state index in [1.165, 1.54) is 17.7 Å². The lowest BCUT2D eigenvalue weighted by atomic mass is 10.1. The van der Waals surface area contributed by atoms with Crippen LogP contribution >= 0.6 is 0 Å². The molecule has 1 aliphatic rings. The number of halogens is 1. The van der Waals surface area contributed by atoms with Gasteiger partial charge in [-0.25, -0.2) is 4.39 Å². The molecule has 0 aliphatic carbocycles. The van der Waals surface area contributed by atoms with Crippen LogP contribution in [0.3, 0.4) is 0 Å². The Morgan fingerprint density at radius 1 is 1.11 bits per heavy atom. The van der Waals surface area contributed by atoms with Crippen molar-refractivity contribution in [3.8, 4) is 5.75 Å². The SMILES string of the molecule is CCOC(=O)C1CN(Cc2ccccc2)CCN1CCOc1ccc(F)cc1. The van der Waals surface area contributed by atoms with Crippen LogP contribution in [0.5, 0.6) is 5.75 Å². The molecule has 3 rings (SSSR count). The summed E-state index contributed by atoms with van der Waals surface area (Å²) in [5.74, 6) is 0.142. The summed E-state index contributed by atoms with van der Waals surface area (Å²) in [6.07, 6.45) is 0. The van der Waals surface area contributed by atoms with Crippen LogP contribution in [0.1, 0.15) is 12.5 Å². The number of carbonyl (C=O) groups excluding carboxylic acids is 1. The van der Waals surface area contributed by atoms with Crippen molar-refractivity contribution in [2.24, 2.45) is 0 Å². The summed E-state index contributed by atoms with van der Waals surface area (Å²) in [7, 11) is 0. The third-order valence-corrected chi connectivity index (χ3v) is 4.84. The van der Waals surface area contributed by atoms with E-state index in [0.717, 1.165) is 19.6 Å².